The summed E-state index contributed by atoms with van der Waals surface area (Å²) < 4.78 is 38.5. The van der Waals surface area contributed by atoms with Gasteiger partial charge >= 0.3 is 0 Å². The number of nitrogens with zero attached hydrogens (tertiary/aromatic N) is 2. The number of sulfonamides is 1. The summed E-state index contributed by atoms with van der Waals surface area (Å²) >= 11 is 1.27. The van der Waals surface area contributed by atoms with Crippen molar-refractivity contribution in [1.29, 1.82) is 0 Å². The Labute approximate surface area is 198 Å². The largest absolute Gasteiger partial charge is 0.385 e. The van der Waals surface area contributed by atoms with Crippen molar-refractivity contribution < 1.29 is 22.7 Å². The van der Waals surface area contributed by atoms with E-state index in [0.717, 1.165) is 10.8 Å². The number of benzene rings is 2. The molecule has 0 atom stereocenters. The number of thiazole rings is 1. The number of amides is 1. The molecule has 3 aromatic rings. The molecule has 10 heteroatoms. The molecule has 0 aliphatic rings. The summed E-state index contributed by atoms with van der Waals surface area (Å²) in [6.07, 6.45) is 1.25. The normalized spacial score (nSPS) is 11.8. The molecule has 0 fully saturated rings. The van der Waals surface area contributed by atoms with Crippen LogP contribution in [0.1, 0.15) is 28.3 Å². The lowest BCUT2D eigenvalue weighted by Crippen LogP contribution is -2.32. The third-order valence-corrected chi connectivity index (χ3v) is 7.70. The van der Waals surface area contributed by atoms with Crippen LogP contribution >= 0.6 is 11.3 Å². The molecule has 0 bridgehead atoms. The van der Waals surface area contributed by atoms with Gasteiger partial charge in [0, 0.05) is 45.9 Å². The van der Waals surface area contributed by atoms with Crippen LogP contribution in [0.4, 0.5) is 0 Å². The Bertz CT molecular complexity index is 1160. The van der Waals surface area contributed by atoms with Crippen LogP contribution in [-0.2, 0) is 26.0 Å². The zero-order valence-corrected chi connectivity index (χ0v) is 20.5. The van der Waals surface area contributed by atoms with Crippen LogP contribution in [0.2, 0.25) is 0 Å². The zero-order chi connectivity index (χ0) is 23.7. The van der Waals surface area contributed by atoms with E-state index in [2.05, 4.69) is 10.3 Å². The van der Waals surface area contributed by atoms with Crippen LogP contribution in [0, 0.1) is 0 Å². The predicted molar refractivity (Wildman–Crippen MR) is 129 cm³/mol. The van der Waals surface area contributed by atoms with E-state index in [9.17, 15) is 13.2 Å². The van der Waals surface area contributed by atoms with E-state index in [1.807, 2.05) is 30.3 Å². The Morgan fingerprint density at radius 1 is 1.06 bits per heavy atom. The first-order chi connectivity index (χ1) is 16.0. The van der Waals surface area contributed by atoms with Gasteiger partial charge in [0.25, 0.3) is 5.91 Å². The van der Waals surface area contributed by atoms with E-state index in [-0.39, 0.29) is 29.6 Å². The Hall–Kier alpha value is -2.37. The van der Waals surface area contributed by atoms with Crippen LogP contribution < -0.4 is 5.32 Å². The van der Waals surface area contributed by atoms with Gasteiger partial charge in [-0.05, 0) is 35.7 Å². The number of nitrogens with one attached hydrogen (secondary N) is 1. The molecule has 0 radical (unpaired) electrons. The smallest absolute Gasteiger partial charge is 0.270 e. The number of ether oxygens (including phenoxy) is 2. The van der Waals surface area contributed by atoms with Crippen molar-refractivity contribution in [2.45, 2.75) is 24.3 Å². The number of fused-ring (bicyclic) bond motifs is 1. The Balaban J connectivity index is 1.78. The second kappa shape index (κ2) is 12.2. The molecule has 33 heavy (non-hydrogen) atoms. The molecule has 0 aliphatic carbocycles. The predicted octanol–water partition coefficient (Wildman–Crippen LogP) is 3.29. The van der Waals surface area contributed by atoms with E-state index in [1.54, 1.807) is 31.7 Å². The van der Waals surface area contributed by atoms with Crippen molar-refractivity contribution in [3.8, 4) is 0 Å². The van der Waals surface area contributed by atoms with Gasteiger partial charge in [0.2, 0.25) is 10.0 Å². The van der Waals surface area contributed by atoms with Gasteiger partial charge in [0.1, 0.15) is 10.7 Å². The zero-order valence-electron chi connectivity index (χ0n) is 18.8. The van der Waals surface area contributed by atoms with E-state index in [1.165, 1.54) is 15.6 Å². The fraction of sp³-hybridized carbons (Fsp3) is 0.391. The van der Waals surface area contributed by atoms with Crippen molar-refractivity contribution in [3.63, 3.8) is 0 Å². The van der Waals surface area contributed by atoms with Gasteiger partial charge in [-0.1, -0.05) is 30.3 Å². The lowest BCUT2D eigenvalue weighted by Gasteiger charge is -2.21. The topological polar surface area (TPSA) is 97.8 Å². The van der Waals surface area contributed by atoms with E-state index < -0.39 is 10.0 Å². The third kappa shape index (κ3) is 6.81. The molecule has 1 heterocycles. The standard InChI is InChI=1S/C23H29N3O5S2/c1-30-13-5-11-24-23(27)21-17-32-22(25-21)16-26(12-6-14-31-2)33(28,29)20-10-9-18-7-3-4-8-19(18)15-20/h3-4,7-10,15,17H,5-6,11-14,16H2,1-2H3,(H,24,27). The van der Waals surface area contributed by atoms with Crippen molar-refractivity contribution in [1.82, 2.24) is 14.6 Å². The summed E-state index contributed by atoms with van der Waals surface area (Å²) in [4.78, 5) is 16.9. The summed E-state index contributed by atoms with van der Waals surface area (Å²) in [5.41, 5.74) is 0.285. The molecule has 0 saturated carbocycles. The van der Waals surface area contributed by atoms with Gasteiger partial charge in [-0.2, -0.15) is 4.31 Å². The second-order valence-corrected chi connectivity index (χ2v) is 10.3. The fourth-order valence-electron chi connectivity index (χ4n) is 3.29. The lowest BCUT2D eigenvalue weighted by atomic mass is 10.1. The number of carbonyl (C=O) groups excluding carboxylic acids is 1. The molecule has 0 saturated heterocycles. The molecule has 0 unspecified atom stereocenters. The monoisotopic (exact) mass is 491 g/mol. The van der Waals surface area contributed by atoms with Gasteiger partial charge in [-0.3, -0.25) is 4.79 Å². The average Bonchev–Trinajstić information content (AvgIpc) is 3.29. The van der Waals surface area contributed by atoms with E-state index >= 15 is 0 Å². The molecule has 2 aromatic carbocycles. The summed E-state index contributed by atoms with van der Waals surface area (Å²) in [7, 11) is -0.579. The van der Waals surface area contributed by atoms with Crippen LogP contribution in [-0.4, -0.2) is 64.1 Å². The highest BCUT2D eigenvalue weighted by Crippen LogP contribution is 2.24. The summed E-state index contributed by atoms with van der Waals surface area (Å²) in [5.74, 6) is -0.281. The molecule has 0 aliphatic heterocycles. The third-order valence-electron chi connectivity index (χ3n) is 5.02. The number of aromatic nitrogens is 1. The van der Waals surface area contributed by atoms with Crippen molar-refractivity contribution in [2.24, 2.45) is 0 Å². The first kappa shape index (κ1) is 25.3. The second-order valence-electron chi connectivity index (χ2n) is 7.42. The van der Waals surface area contributed by atoms with Crippen molar-refractivity contribution in [2.75, 3.05) is 40.5 Å². The lowest BCUT2D eigenvalue weighted by molar-refractivity contribution is 0.0944. The molecule has 1 N–H and O–H groups in total. The first-order valence-electron chi connectivity index (χ1n) is 10.6. The molecule has 178 valence electrons. The van der Waals surface area contributed by atoms with Gasteiger partial charge in [-0.25, -0.2) is 13.4 Å². The van der Waals surface area contributed by atoms with E-state index in [0.29, 0.717) is 37.6 Å². The maximum Gasteiger partial charge on any atom is 0.270 e. The molecule has 1 amide bonds. The number of hydrogen-bond donors (Lipinski definition) is 1. The molecular weight excluding hydrogens is 462 g/mol. The minimum Gasteiger partial charge on any atom is -0.385 e. The highest BCUT2D eigenvalue weighted by molar-refractivity contribution is 7.89. The maximum atomic E-state index is 13.5. The number of hydrogen-bond acceptors (Lipinski definition) is 7. The molecule has 3 rings (SSSR count). The van der Waals surface area contributed by atoms with Crippen molar-refractivity contribution >= 4 is 38.0 Å². The Kier molecular flexibility index (Phi) is 9.33. The summed E-state index contributed by atoms with van der Waals surface area (Å²) in [6, 6.07) is 12.8. The maximum absolute atomic E-state index is 13.5. The minimum absolute atomic E-state index is 0.0838. The van der Waals surface area contributed by atoms with Crippen molar-refractivity contribution in [3.05, 3.63) is 58.5 Å². The van der Waals surface area contributed by atoms with Crippen LogP contribution in [0.5, 0.6) is 0 Å². The first-order valence-corrected chi connectivity index (χ1v) is 13.0. The quantitative estimate of drug-likeness (QED) is 0.369. The average molecular weight is 492 g/mol. The van der Waals surface area contributed by atoms with E-state index in [4.69, 9.17) is 9.47 Å². The van der Waals surface area contributed by atoms with Gasteiger partial charge in [0.05, 0.1) is 11.4 Å². The number of carbonyl (C=O) groups is 1. The number of methoxy groups -OCH3 is 2. The Morgan fingerprint density at radius 2 is 1.79 bits per heavy atom. The number of rotatable bonds is 13. The minimum atomic E-state index is -3.77. The van der Waals surface area contributed by atoms with Gasteiger partial charge in [0.15, 0.2) is 0 Å². The van der Waals surface area contributed by atoms with Crippen LogP contribution in [0.3, 0.4) is 0 Å². The Morgan fingerprint density at radius 3 is 2.55 bits per heavy atom. The van der Waals surface area contributed by atoms with Gasteiger partial charge in [-0.15, -0.1) is 11.3 Å². The molecular formula is C23H29N3O5S2. The molecule has 0 spiro atoms. The van der Waals surface area contributed by atoms with Gasteiger partial charge < -0.3 is 14.8 Å². The summed E-state index contributed by atoms with van der Waals surface area (Å²) in [5, 5.41) is 6.83. The molecule has 8 nitrogen and oxygen atoms in total. The highest BCUT2D eigenvalue weighted by Gasteiger charge is 2.26. The van der Waals surface area contributed by atoms with Crippen LogP contribution in [0.25, 0.3) is 10.8 Å². The SMILES string of the molecule is COCCCNC(=O)c1csc(CN(CCCOC)S(=O)(=O)c2ccc3ccccc3c2)n1. The fourth-order valence-corrected chi connectivity index (χ4v) is 5.64. The highest BCUT2D eigenvalue weighted by atomic mass is 32.2. The molecule has 1 aromatic heterocycles. The van der Waals surface area contributed by atoms with Crippen LogP contribution in [0.15, 0.2) is 52.7 Å². The summed E-state index contributed by atoms with van der Waals surface area (Å²) in [6.45, 7) is 1.85.